The Morgan fingerprint density at radius 3 is 2.63 bits per heavy atom. The van der Waals surface area contributed by atoms with E-state index in [1.54, 1.807) is 17.1 Å². The maximum Gasteiger partial charge on any atom is 0.0999 e. The van der Waals surface area contributed by atoms with Crippen LogP contribution in [0, 0.1) is 0 Å². The number of aliphatic hydroxyl groups is 1. The Bertz CT molecular complexity index is 1200. The molecule has 0 bridgehead atoms. The van der Waals surface area contributed by atoms with Crippen LogP contribution < -0.4 is 0 Å². The minimum absolute atomic E-state index is 0.210. The van der Waals surface area contributed by atoms with E-state index in [-0.39, 0.29) is 6.10 Å². The van der Waals surface area contributed by atoms with Crippen LogP contribution in [0.15, 0.2) is 48.8 Å². The lowest BCUT2D eigenvalue weighted by Crippen LogP contribution is -2.20. The third-order valence-corrected chi connectivity index (χ3v) is 5.79. The molecule has 0 aromatic carbocycles. The number of hydrogen-bond acceptors (Lipinski definition) is 5. The molecule has 0 unspecified atom stereocenters. The van der Waals surface area contributed by atoms with Gasteiger partial charge in [-0.25, -0.2) is 14.2 Å². The fraction of sp³-hybridized carbons (Fsp3) is 0.364. The van der Waals surface area contributed by atoms with Crippen molar-refractivity contribution in [2.24, 2.45) is 0 Å². The van der Waals surface area contributed by atoms with E-state index >= 15 is 0 Å². The van der Waals surface area contributed by atoms with Crippen LogP contribution in [0.25, 0.3) is 34.2 Å². The monoisotopic (exact) mass is 403 g/mol. The first-order chi connectivity index (χ1) is 14.6. The smallest absolute Gasteiger partial charge is 0.0999 e. The van der Waals surface area contributed by atoms with Crippen molar-refractivity contribution in [3.8, 4) is 22.5 Å². The summed E-state index contributed by atoms with van der Waals surface area (Å²) in [5.41, 5.74) is 5.69. The van der Waals surface area contributed by atoms with Crippen molar-refractivity contribution in [2.75, 3.05) is 0 Å². The van der Waals surface area contributed by atoms with Crippen molar-refractivity contribution in [1.29, 1.82) is 0 Å². The van der Waals surface area contributed by atoms with Gasteiger partial charge in [-0.1, -0.05) is 13.8 Å². The molecule has 0 spiro atoms. The Labute approximate surface area is 174 Å². The molecule has 0 aliphatic heterocycles. The molecule has 154 valence electrons. The summed E-state index contributed by atoms with van der Waals surface area (Å²) in [4.78, 5) is 4.95. The first-order valence-electron chi connectivity index (χ1n) is 10.5. The standard InChI is InChI=1S/C22H25N7O/c1-3-18(4-2)28-13-17(10-25-28)22-21-5-6-23-29(21)14-20(26-22)16-9-24-27(12-16)11-15-7-19(30)8-15/h5-6,9-14,18-19,30H,3-4,7-8H2,1-2H3. The molecule has 0 amide bonds. The third kappa shape index (κ3) is 3.33. The van der Waals surface area contributed by atoms with E-state index < -0.39 is 0 Å². The Kier molecular flexibility index (Phi) is 4.71. The average molecular weight is 403 g/mol. The summed E-state index contributed by atoms with van der Waals surface area (Å²) in [6, 6.07) is 2.36. The molecule has 1 aliphatic carbocycles. The van der Waals surface area contributed by atoms with Crippen LogP contribution in [-0.4, -0.2) is 45.4 Å². The fourth-order valence-corrected chi connectivity index (χ4v) is 3.98. The van der Waals surface area contributed by atoms with Gasteiger partial charge in [-0.2, -0.15) is 15.3 Å². The van der Waals surface area contributed by atoms with Gasteiger partial charge in [0.25, 0.3) is 0 Å². The highest BCUT2D eigenvalue weighted by atomic mass is 16.3. The van der Waals surface area contributed by atoms with Gasteiger partial charge in [0.2, 0.25) is 0 Å². The minimum Gasteiger partial charge on any atom is -0.392 e. The SMILES string of the molecule is CCC(CC)n1cc(-c2nc(-c3cnn(C=C4CC(O)C4)c3)cn3nccc23)cn1. The van der Waals surface area contributed by atoms with Crippen LogP contribution in [0.5, 0.6) is 0 Å². The molecule has 0 atom stereocenters. The highest BCUT2D eigenvalue weighted by Gasteiger charge is 2.20. The summed E-state index contributed by atoms with van der Waals surface area (Å²) in [5, 5.41) is 22.9. The lowest BCUT2D eigenvalue weighted by atomic mass is 9.90. The minimum atomic E-state index is -0.210. The lowest BCUT2D eigenvalue weighted by Gasteiger charge is -2.23. The zero-order valence-corrected chi connectivity index (χ0v) is 17.2. The van der Waals surface area contributed by atoms with Gasteiger partial charge in [0.05, 0.1) is 53.8 Å². The summed E-state index contributed by atoms with van der Waals surface area (Å²) in [6.45, 7) is 4.36. The highest BCUT2D eigenvalue weighted by Crippen LogP contribution is 2.29. The van der Waals surface area contributed by atoms with Gasteiger partial charge in [0.1, 0.15) is 0 Å². The third-order valence-electron chi connectivity index (χ3n) is 5.79. The molecule has 1 fully saturated rings. The molecule has 30 heavy (non-hydrogen) atoms. The van der Waals surface area contributed by atoms with Crippen molar-refractivity contribution >= 4 is 11.7 Å². The second-order valence-corrected chi connectivity index (χ2v) is 7.87. The van der Waals surface area contributed by atoms with Crippen molar-refractivity contribution in [3.63, 3.8) is 0 Å². The van der Waals surface area contributed by atoms with E-state index in [2.05, 4.69) is 35.3 Å². The summed E-state index contributed by atoms with van der Waals surface area (Å²) in [6.07, 6.45) is 16.7. The van der Waals surface area contributed by atoms with Gasteiger partial charge >= 0.3 is 0 Å². The van der Waals surface area contributed by atoms with Crippen molar-refractivity contribution < 1.29 is 5.11 Å². The number of hydrogen-bond donors (Lipinski definition) is 1. The Balaban J connectivity index is 1.53. The predicted octanol–water partition coefficient (Wildman–Crippen LogP) is 3.81. The molecular weight excluding hydrogens is 378 g/mol. The van der Waals surface area contributed by atoms with Crippen LogP contribution in [-0.2, 0) is 0 Å². The molecule has 0 radical (unpaired) electrons. The maximum absolute atomic E-state index is 9.47. The summed E-state index contributed by atoms with van der Waals surface area (Å²) in [7, 11) is 0. The molecule has 4 heterocycles. The molecule has 0 saturated heterocycles. The van der Waals surface area contributed by atoms with E-state index in [1.165, 1.54) is 5.57 Å². The van der Waals surface area contributed by atoms with Crippen LogP contribution in [0.4, 0.5) is 0 Å². The van der Waals surface area contributed by atoms with Gasteiger partial charge in [-0.05, 0) is 37.3 Å². The van der Waals surface area contributed by atoms with Crippen LogP contribution in [0.1, 0.15) is 45.6 Å². The largest absolute Gasteiger partial charge is 0.392 e. The van der Waals surface area contributed by atoms with E-state index in [4.69, 9.17) is 4.98 Å². The lowest BCUT2D eigenvalue weighted by molar-refractivity contribution is 0.136. The van der Waals surface area contributed by atoms with E-state index in [0.29, 0.717) is 6.04 Å². The van der Waals surface area contributed by atoms with E-state index in [1.807, 2.05) is 40.1 Å². The van der Waals surface area contributed by atoms with Crippen LogP contribution in [0.3, 0.4) is 0 Å². The topological polar surface area (TPSA) is 86.1 Å². The Morgan fingerprint density at radius 1 is 1.07 bits per heavy atom. The van der Waals surface area contributed by atoms with Crippen molar-refractivity contribution in [3.05, 3.63) is 48.8 Å². The summed E-state index contributed by atoms with van der Waals surface area (Å²) < 4.78 is 5.67. The van der Waals surface area contributed by atoms with Crippen LogP contribution >= 0.6 is 0 Å². The van der Waals surface area contributed by atoms with E-state index in [9.17, 15) is 5.11 Å². The quantitative estimate of drug-likeness (QED) is 0.529. The molecule has 1 aliphatic rings. The second kappa shape index (κ2) is 7.53. The van der Waals surface area contributed by atoms with Gasteiger partial charge in [-0.15, -0.1) is 0 Å². The summed E-state index contributed by atoms with van der Waals surface area (Å²) >= 11 is 0. The molecule has 1 N–H and O–H groups in total. The van der Waals surface area contributed by atoms with Gasteiger partial charge < -0.3 is 5.11 Å². The number of rotatable bonds is 6. The molecule has 1 saturated carbocycles. The predicted molar refractivity (Wildman–Crippen MR) is 115 cm³/mol. The zero-order chi connectivity index (χ0) is 20.7. The number of nitrogens with zero attached hydrogens (tertiary/aromatic N) is 7. The zero-order valence-electron chi connectivity index (χ0n) is 17.2. The first kappa shape index (κ1) is 18.7. The highest BCUT2D eigenvalue weighted by molar-refractivity contribution is 5.78. The molecule has 4 aromatic heterocycles. The molecule has 8 heteroatoms. The normalized spacial score (nSPS) is 16.4. The molecule has 8 nitrogen and oxygen atoms in total. The Morgan fingerprint density at radius 2 is 1.87 bits per heavy atom. The fourth-order valence-electron chi connectivity index (χ4n) is 3.98. The number of fused-ring (bicyclic) bond motifs is 1. The Hall–Kier alpha value is -3.26. The van der Waals surface area contributed by atoms with Gasteiger partial charge in [-0.3, -0.25) is 4.68 Å². The van der Waals surface area contributed by atoms with E-state index in [0.717, 1.165) is 53.7 Å². The molecule has 5 rings (SSSR count). The van der Waals surface area contributed by atoms with Crippen molar-refractivity contribution in [1.82, 2.24) is 34.2 Å². The van der Waals surface area contributed by atoms with Crippen LogP contribution in [0.2, 0.25) is 0 Å². The van der Waals surface area contributed by atoms with Gasteiger partial charge in [0.15, 0.2) is 0 Å². The molecule has 4 aromatic rings. The molecular formula is C22H25N7O. The number of aliphatic hydroxyl groups excluding tert-OH is 1. The van der Waals surface area contributed by atoms with Gasteiger partial charge in [0, 0.05) is 29.7 Å². The maximum atomic E-state index is 9.47. The first-order valence-corrected chi connectivity index (χ1v) is 10.5. The summed E-state index contributed by atoms with van der Waals surface area (Å²) in [5.74, 6) is 0. The van der Waals surface area contributed by atoms with Crippen molar-refractivity contribution in [2.45, 2.75) is 51.7 Å². The number of aromatic nitrogens is 7. The second-order valence-electron chi connectivity index (χ2n) is 7.87. The average Bonchev–Trinajstić information content (AvgIpc) is 3.47.